The van der Waals surface area contributed by atoms with Gasteiger partial charge in [-0.2, -0.15) is 5.10 Å². The van der Waals surface area contributed by atoms with Gasteiger partial charge in [0.2, 0.25) is 5.91 Å². The number of anilines is 1. The lowest BCUT2D eigenvalue weighted by molar-refractivity contribution is -0.129. The highest BCUT2D eigenvalue weighted by atomic mass is 16.6. The molecule has 0 spiro atoms. The van der Waals surface area contributed by atoms with Gasteiger partial charge in [-0.15, -0.1) is 0 Å². The average molecular weight is 514 g/mol. The number of esters is 1. The van der Waals surface area contributed by atoms with Crippen molar-refractivity contribution in [1.29, 1.82) is 0 Å². The fourth-order valence-corrected chi connectivity index (χ4v) is 3.08. The van der Waals surface area contributed by atoms with Gasteiger partial charge >= 0.3 is 5.97 Å². The van der Waals surface area contributed by atoms with Crippen LogP contribution in [0.1, 0.15) is 49.2 Å². The Morgan fingerprint density at radius 2 is 1.61 bits per heavy atom. The molecule has 3 aromatic carbocycles. The minimum atomic E-state index is -0.535. The van der Waals surface area contributed by atoms with Crippen LogP contribution in [0.3, 0.4) is 0 Å². The Labute approximate surface area is 222 Å². The summed E-state index contributed by atoms with van der Waals surface area (Å²) in [5.41, 5.74) is 4.45. The van der Waals surface area contributed by atoms with E-state index in [1.165, 1.54) is 12.3 Å². The number of ether oxygens (including phenoxy) is 2. The molecule has 0 saturated carbocycles. The van der Waals surface area contributed by atoms with Crippen LogP contribution in [0.2, 0.25) is 0 Å². The van der Waals surface area contributed by atoms with Gasteiger partial charge in [-0.05, 0) is 66.6 Å². The smallest absolute Gasteiger partial charge is 0.336 e. The number of hydrogen-bond acceptors (Lipinski definition) is 6. The maximum atomic E-state index is 12.4. The first-order chi connectivity index (χ1) is 18.2. The molecule has 0 radical (unpaired) electrons. The van der Waals surface area contributed by atoms with Crippen molar-refractivity contribution in [3.63, 3.8) is 0 Å². The van der Waals surface area contributed by atoms with Crippen LogP contribution in [0, 0.1) is 5.41 Å². The first kappa shape index (κ1) is 27.9. The predicted molar refractivity (Wildman–Crippen MR) is 148 cm³/mol. The van der Waals surface area contributed by atoms with Crippen LogP contribution in [0.4, 0.5) is 5.69 Å². The number of nitrogens with one attached hydrogen (secondary N) is 2. The number of hydrazone groups is 1. The normalized spacial score (nSPS) is 11.4. The molecule has 196 valence electrons. The quantitative estimate of drug-likeness (QED) is 0.130. The van der Waals surface area contributed by atoms with E-state index in [4.69, 9.17) is 9.47 Å². The number of carbonyl (C=O) groups excluding carboxylic acids is 3. The minimum absolute atomic E-state index is 0.116. The molecule has 0 fully saturated rings. The summed E-state index contributed by atoms with van der Waals surface area (Å²) in [6.07, 6.45) is 4.47. The molecule has 0 bridgehead atoms. The van der Waals surface area contributed by atoms with E-state index in [1.54, 1.807) is 48.5 Å². The van der Waals surface area contributed by atoms with Crippen molar-refractivity contribution in [1.82, 2.24) is 5.43 Å². The molecule has 0 aliphatic rings. The fourth-order valence-electron chi connectivity index (χ4n) is 3.08. The van der Waals surface area contributed by atoms with Gasteiger partial charge in [0, 0.05) is 22.7 Å². The lowest BCUT2D eigenvalue weighted by Gasteiger charge is -2.17. The van der Waals surface area contributed by atoms with Crippen molar-refractivity contribution in [2.75, 3.05) is 11.9 Å². The standard InChI is InChI=1S/C30H31N3O5/c1-5-37-26-19-22(11-17-25(26)38-27(34)18-12-21-9-7-6-8-10-21)20-31-33-28(35)23-13-15-24(16-14-23)32-29(36)30(2,3)4/h6-20H,5H2,1-4H3,(H,32,36)(H,33,35)/b18-12+,31-20+. The zero-order valence-electron chi connectivity index (χ0n) is 21.9. The summed E-state index contributed by atoms with van der Waals surface area (Å²) in [4.78, 5) is 36.8. The Bertz CT molecular complexity index is 1320. The van der Waals surface area contributed by atoms with Crippen molar-refractivity contribution in [2.45, 2.75) is 27.7 Å². The third-order valence-electron chi connectivity index (χ3n) is 5.16. The Morgan fingerprint density at radius 1 is 0.895 bits per heavy atom. The third-order valence-corrected chi connectivity index (χ3v) is 5.16. The zero-order chi connectivity index (χ0) is 27.5. The molecule has 38 heavy (non-hydrogen) atoms. The highest BCUT2D eigenvalue weighted by Gasteiger charge is 2.21. The second-order valence-corrected chi connectivity index (χ2v) is 9.28. The molecule has 0 heterocycles. The average Bonchev–Trinajstić information content (AvgIpc) is 2.89. The van der Waals surface area contributed by atoms with Gasteiger partial charge in [0.25, 0.3) is 5.91 Å². The first-order valence-corrected chi connectivity index (χ1v) is 12.1. The SMILES string of the molecule is CCOc1cc(/C=N/NC(=O)c2ccc(NC(=O)C(C)(C)C)cc2)ccc1OC(=O)/C=C/c1ccccc1. The van der Waals surface area contributed by atoms with Gasteiger partial charge in [0.15, 0.2) is 11.5 Å². The highest BCUT2D eigenvalue weighted by Crippen LogP contribution is 2.28. The van der Waals surface area contributed by atoms with Crippen LogP contribution in [-0.4, -0.2) is 30.6 Å². The Hall–Kier alpha value is -4.72. The molecule has 3 rings (SSSR count). The molecule has 0 atom stereocenters. The fraction of sp³-hybridized carbons (Fsp3) is 0.200. The lowest BCUT2D eigenvalue weighted by atomic mass is 9.95. The minimum Gasteiger partial charge on any atom is -0.490 e. The van der Waals surface area contributed by atoms with E-state index in [0.717, 1.165) is 5.56 Å². The molecule has 2 N–H and O–H groups in total. The van der Waals surface area contributed by atoms with Gasteiger partial charge in [0.1, 0.15) is 0 Å². The van der Waals surface area contributed by atoms with Gasteiger partial charge in [0.05, 0.1) is 12.8 Å². The first-order valence-electron chi connectivity index (χ1n) is 12.1. The van der Waals surface area contributed by atoms with Gasteiger partial charge in [-0.3, -0.25) is 9.59 Å². The van der Waals surface area contributed by atoms with Crippen molar-refractivity contribution in [3.8, 4) is 11.5 Å². The van der Waals surface area contributed by atoms with Gasteiger partial charge in [-0.25, -0.2) is 10.2 Å². The third kappa shape index (κ3) is 8.44. The zero-order valence-corrected chi connectivity index (χ0v) is 21.9. The Kier molecular flexibility index (Phi) is 9.54. The van der Waals surface area contributed by atoms with Crippen LogP contribution in [0.25, 0.3) is 6.08 Å². The van der Waals surface area contributed by atoms with E-state index < -0.39 is 17.3 Å². The van der Waals surface area contributed by atoms with Crippen LogP contribution in [0.15, 0.2) is 84.0 Å². The van der Waals surface area contributed by atoms with Crippen LogP contribution in [-0.2, 0) is 9.59 Å². The summed E-state index contributed by atoms with van der Waals surface area (Å²) in [5.74, 6) is -0.412. The monoisotopic (exact) mass is 513 g/mol. The largest absolute Gasteiger partial charge is 0.490 e. The van der Waals surface area contributed by atoms with Crippen LogP contribution in [0.5, 0.6) is 11.5 Å². The molecule has 0 saturated heterocycles. The number of hydrogen-bond donors (Lipinski definition) is 2. The van der Waals surface area contributed by atoms with Crippen molar-refractivity contribution in [2.24, 2.45) is 10.5 Å². The summed E-state index contributed by atoms with van der Waals surface area (Å²) in [7, 11) is 0. The van der Waals surface area contributed by atoms with Crippen LogP contribution < -0.4 is 20.2 Å². The molecule has 0 unspecified atom stereocenters. The predicted octanol–water partition coefficient (Wildman–Crippen LogP) is 5.45. The molecular weight excluding hydrogens is 482 g/mol. The van der Waals surface area contributed by atoms with E-state index in [9.17, 15) is 14.4 Å². The van der Waals surface area contributed by atoms with Crippen molar-refractivity contribution < 1.29 is 23.9 Å². The van der Waals surface area contributed by atoms with E-state index in [1.807, 2.05) is 58.0 Å². The molecule has 0 aliphatic carbocycles. The van der Waals surface area contributed by atoms with E-state index >= 15 is 0 Å². The number of benzene rings is 3. The van der Waals surface area contributed by atoms with E-state index in [0.29, 0.717) is 29.2 Å². The van der Waals surface area contributed by atoms with Gasteiger partial charge in [-0.1, -0.05) is 51.1 Å². The summed E-state index contributed by atoms with van der Waals surface area (Å²) in [5, 5.41) is 6.82. The number of amides is 2. The van der Waals surface area contributed by atoms with Crippen molar-refractivity contribution in [3.05, 3.63) is 95.6 Å². The summed E-state index contributed by atoms with van der Waals surface area (Å²) in [6, 6.07) is 20.9. The summed E-state index contributed by atoms with van der Waals surface area (Å²) < 4.78 is 11.1. The summed E-state index contributed by atoms with van der Waals surface area (Å²) >= 11 is 0. The number of nitrogens with zero attached hydrogens (tertiary/aromatic N) is 1. The lowest BCUT2D eigenvalue weighted by Crippen LogP contribution is -2.27. The van der Waals surface area contributed by atoms with E-state index in [2.05, 4.69) is 15.8 Å². The van der Waals surface area contributed by atoms with Crippen molar-refractivity contribution >= 4 is 35.8 Å². The molecule has 3 aromatic rings. The molecule has 8 nitrogen and oxygen atoms in total. The Morgan fingerprint density at radius 3 is 2.26 bits per heavy atom. The Balaban J connectivity index is 1.60. The maximum absolute atomic E-state index is 12.4. The second kappa shape index (κ2) is 13.0. The molecule has 0 aromatic heterocycles. The molecular formula is C30H31N3O5. The van der Waals surface area contributed by atoms with E-state index in [-0.39, 0.29) is 11.7 Å². The number of carbonyl (C=O) groups is 3. The topological polar surface area (TPSA) is 106 Å². The van der Waals surface area contributed by atoms with Crippen LogP contribution >= 0.6 is 0 Å². The summed E-state index contributed by atoms with van der Waals surface area (Å²) in [6.45, 7) is 7.66. The molecule has 2 amide bonds. The van der Waals surface area contributed by atoms with Gasteiger partial charge < -0.3 is 14.8 Å². The second-order valence-electron chi connectivity index (χ2n) is 9.28. The molecule has 0 aliphatic heterocycles. The maximum Gasteiger partial charge on any atom is 0.336 e. The highest BCUT2D eigenvalue weighted by molar-refractivity contribution is 5.97. The number of rotatable bonds is 9. The molecule has 8 heteroatoms.